The molecule has 0 aliphatic heterocycles. The largest absolute Gasteiger partial charge is 0.398 e. The third-order valence-corrected chi connectivity index (χ3v) is 4.56. The highest BCUT2D eigenvalue weighted by atomic mass is 79.9. The molecule has 0 bridgehead atoms. The molecule has 0 atom stereocenters. The van der Waals surface area contributed by atoms with Crippen molar-refractivity contribution >= 4 is 37.3 Å². The molecule has 3 N–H and O–H groups in total. The van der Waals surface area contributed by atoms with Gasteiger partial charge in [0.05, 0.1) is 11.4 Å². The van der Waals surface area contributed by atoms with E-state index in [9.17, 15) is 12.8 Å². The summed E-state index contributed by atoms with van der Waals surface area (Å²) in [6.07, 6.45) is 0. The molecule has 0 heterocycles. The molecule has 0 aliphatic carbocycles. The number of nitrogen functional groups attached to an aromatic ring is 1. The van der Waals surface area contributed by atoms with Crippen molar-refractivity contribution in [2.75, 3.05) is 10.5 Å². The molecular formula is C13H12BrFN2O2S. The minimum Gasteiger partial charge on any atom is -0.398 e. The second-order valence-corrected chi connectivity index (χ2v) is 6.84. The van der Waals surface area contributed by atoms with Crippen molar-refractivity contribution in [1.29, 1.82) is 0 Å². The molecule has 0 aromatic heterocycles. The first-order valence-corrected chi connectivity index (χ1v) is 7.91. The fourth-order valence-electron chi connectivity index (χ4n) is 1.68. The molecule has 0 spiro atoms. The minimum absolute atomic E-state index is 0.0833. The molecule has 7 heteroatoms. The third-order valence-electron chi connectivity index (χ3n) is 2.63. The zero-order chi connectivity index (χ0) is 14.9. The zero-order valence-electron chi connectivity index (χ0n) is 10.5. The van der Waals surface area contributed by atoms with Gasteiger partial charge in [-0.1, -0.05) is 22.0 Å². The molecule has 0 aliphatic rings. The Hall–Kier alpha value is -1.60. The summed E-state index contributed by atoms with van der Waals surface area (Å²) in [7, 11) is -3.94. The standard InChI is InChI=1S/C13H12BrFN2O2S/c1-8-2-4-10(15)12(6-8)17-20(18,19)13-5-3-9(14)7-11(13)16/h2-7,17H,16H2,1H3. The van der Waals surface area contributed by atoms with E-state index in [1.165, 1.54) is 24.3 Å². The van der Waals surface area contributed by atoms with E-state index in [1.807, 2.05) is 0 Å². The fraction of sp³-hybridized carbons (Fsp3) is 0.0769. The lowest BCUT2D eigenvalue weighted by atomic mass is 10.2. The highest BCUT2D eigenvalue weighted by molar-refractivity contribution is 9.10. The van der Waals surface area contributed by atoms with Crippen LogP contribution in [0.1, 0.15) is 5.56 Å². The van der Waals surface area contributed by atoms with Gasteiger partial charge in [0.2, 0.25) is 0 Å². The normalized spacial score (nSPS) is 11.3. The van der Waals surface area contributed by atoms with Crippen molar-refractivity contribution in [2.24, 2.45) is 0 Å². The second-order valence-electron chi connectivity index (χ2n) is 4.27. The summed E-state index contributed by atoms with van der Waals surface area (Å²) >= 11 is 3.20. The quantitative estimate of drug-likeness (QED) is 0.827. The van der Waals surface area contributed by atoms with Gasteiger partial charge in [-0.3, -0.25) is 4.72 Å². The van der Waals surface area contributed by atoms with E-state index in [-0.39, 0.29) is 16.3 Å². The molecule has 20 heavy (non-hydrogen) atoms. The maximum atomic E-state index is 13.6. The number of nitrogens with one attached hydrogen (secondary N) is 1. The lowest BCUT2D eigenvalue weighted by Gasteiger charge is -2.11. The first-order chi connectivity index (χ1) is 9.29. The first-order valence-electron chi connectivity index (χ1n) is 5.63. The first kappa shape index (κ1) is 14.8. The third kappa shape index (κ3) is 3.10. The molecule has 0 unspecified atom stereocenters. The SMILES string of the molecule is Cc1ccc(F)c(NS(=O)(=O)c2ccc(Br)cc2N)c1. The van der Waals surface area contributed by atoms with Crippen LogP contribution in [-0.2, 0) is 10.0 Å². The summed E-state index contributed by atoms with van der Waals surface area (Å²) in [6.45, 7) is 1.74. The van der Waals surface area contributed by atoms with Crippen LogP contribution in [0, 0.1) is 12.7 Å². The predicted molar refractivity (Wildman–Crippen MR) is 80.5 cm³/mol. The summed E-state index contributed by atoms with van der Waals surface area (Å²) in [4.78, 5) is -0.0957. The number of sulfonamides is 1. The van der Waals surface area contributed by atoms with Gasteiger partial charge in [-0.2, -0.15) is 0 Å². The smallest absolute Gasteiger partial charge is 0.264 e. The number of nitrogens with two attached hydrogens (primary N) is 1. The van der Waals surface area contributed by atoms with E-state index < -0.39 is 15.8 Å². The Bertz CT molecular complexity index is 763. The predicted octanol–water partition coefficient (Wildman–Crippen LogP) is 3.28. The van der Waals surface area contributed by atoms with Gasteiger partial charge in [0.15, 0.2) is 0 Å². The second kappa shape index (κ2) is 5.41. The molecular weight excluding hydrogens is 347 g/mol. The molecule has 0 saturated heterocycles. The van der Waals surface area contributed by atoms with Crippen LogP contribution in [0.2, 0.25) is 0 Å². The van der Waals surface area contributed by atoms with Gasteiger partial charge in [0.1, 0.15) is 10.7 Å². The Balaban J connectivity index is 2.43. The van der Waals surface area contributed by atoms with E-state index in [0.717, 1.165) is 5.56 Å². The maximum absolute atomic E-state index is 13.6. The molecule has 0 saturated carbocycles. The van der Waals surface area contributed by atoms with Crippen molar-refractivity contribution in [3.8, 4) is 0 Å². The monoisotopic (exact) mass is 358 g/mol. The Labute approximate surface area is 125 Å². The molecule has 2 aromatic rings. The highest BCUT2D eigenvalue weighted by Gasteiger charge is 2.19. The number of anilines is 2. The number of rotatable bonds is 3. The van der Waals surface area contributed by atoms with Gasteiger partial charge >= 0.3 is 0 Å². The number of benzene rings is 2. The molecule has 0 radical (unpaired) electrons. The van der Waals surface area contributed by atoms with Crippen LogP contribution in [0.5, 0.6) is 0 Å². The van der Waals surface area contributed by atoms with Crippen LogP contribution in [-0.4, -0.2) is 8.42 Å². The maximum Gasteiger partial charge on any atom is 0.264 e. The Morgan fingerprint density at radius 2 is 1.90 bits per heavy atom. The molecule has 0 amide bonds. The average Bonchev–Trinajstić information content (AvgIpc) is 2.33. The van der Waals surface area contributed by atoms with Gasteiger partial charge in [0, 0.05) is 4.47 Å². The van der Waals surface area contributed by atoms with Gasteiger partial charge in [-0.05, 0) is 42.8 Å². The van der Waals surface area contributed by atoms with Gasteiger partial charge < -0.3 is 5.73 Å². The number of hydrogen-bond donors (Lipinski definition) is 2. The van der Waals surface area contributed by atoms with Crippen molar-refractivity contribution in [1.82, 2.24) is 0 Å². The number of aryl methyl sites for hydroxylation is 1. The van der Waals surface area contributed by atoms with Crippen molar-refractivity contribution in [3.05, 3.63) is 52.3 Å². The van der Waals surface area contributed by atoms with E-state index in [2.05, 4.69) is 20.7 Å². The van der Waals surface area contributed by atoms with E-state index >= 15 is 0 Å². The van der Waals surface area contributed by atoms with Crippen LogP contribution >= 0.6 is 15.9 Å². The molecule has 4 nitrogen and oxygen atoms in total. The van der Waals surface area contributed by atoms with E-state index in [0.29, 0.717) is 4.47 Å². The average molecular weight is 359 g/mol. The number of halogens is 2. The molecule has 0 fully saturated rings. The molecule has 2 rings (SSSR count). The topological polar surface area (TPSA) is 72.2 Å². The fourth-order valence-corrected chi connectivity index (χ4v) is 3.23. The summed E-state index contributed by atoms with van der Waals surface area (Å²) in [5.41, 5.74) is 6.41. The van der Waals surface area contributed by atoms with E-state index in [1.54, 1.807) is 19.1 Å². The lowest BCUT2D eigenvalue weighted by Crippen LogP contribution is -2.15. The summed E-state index contributed by atoms with van der Waals surface area (Å²) in [6, 6.07) is 8.56. The molecule has 106 valence electrons. The van der Waals surface area contributed by atoms with Crippen molar-refractivity contribution in [2.45, 2.75) is 11.8 Å². The zero-order valence-corrected chi connectivity index (χ0v) is 12.9. The Morgan fingerprint density at radius 3 is 2.55 bits per heavy atom. The lowest BCUT2D eigenvalue weighted by molar-refractivity contribution is 0.599. The highest BCUT2D eigenvalue weighted by Crippen LogP contribution is 2.26. The van der Waals surface area contributed by atoms with Gasteiger partial charge in [0.25, 0.3) is 10.0 Å². The van der Waals surface area contributed by atoms with Crippen LogP contribution in [0.25, 0.3) is 0 Å². The summed E-state index contributed by atoms with van der Waals surface area (Å²) < 4.78 is 40.9. The van der Waals surface area contributed by atoms with Crippen molar-refractivity contribution in [3.63, 3.8) is 0 Å². The summed E-state index contributed by atoms with van der Waals surface area (Å²) in [5, 5.41) is 0. The van der Waals surface area contributed by atoms with Gasteiger partial charge in [-0.25, -0.2) is 12.8 Å². The van der Waals surface area contributed by atoms with Crippen LogP contribution < -0.4 is 10.5 Å². The van der Waals surface area contributed by atoms with Crippen LogP contribution in [0.3, 0.4) is 0 Å². The Morgan fingerprint density at radius 1 is 1.20 bits per heavy atom. The Kier molecular flexibility index (Phi) is 4.01. The van der Waals surface area contributed by atoms with Crippen LogP contribution in [0.4, 0.5) is 15.8 Å². The van der Waals surface area contributed by atoms with E-state index in [4.69, 9.17) is 5.73 Å². The summed E-state index contributed by atoms with van der Waals surface area (Å²) in [5.74, 6) is -0.644. The van der Waals surface area contributed by atoms with Gasteiger partial charge in [-0.15, -0.1) is 0 Å². The molecule has 2 aromatic carbocycles. The minimum atomic E-state index is -3.94. The van der Waals surface area contributed by atoms with Crippen LogP contribution in [0.15, 0.2) is 45.8 Å². The number of hydrogen-bond acceptors (Lipinski definition) is 3. The van der Waals surface area contributed by atoms with Crippen molar-refractivity contribution < 1.29 is 12.8 Å².